The summed E-state index contributed by atoms with van der Waals surface area (Å²) in [5.41, 5.74) is 3.23. The van der Waals surface area contributed by atoms with E-state index in [0.29, 0.717) is 17.7 Å². The van der Waals surface area contributed by atoms with E-state index >= 15 is 0 Å². The van der Waals surface area contributed by atoms with E-state index in [4.69, 9.17) is 20.0 Å². The molecule has 1 aromatic heterocycles. The topological polar surface area (TPSA) is 137 Å². The number of aromatic nitrogens is 1. The van der Waals surface area contributed by atoms with Gasteiger partial charge in [-0.15, -0.1) is 0 Å². The van der Waals surface area contributed by atoms with Gasteiger partial charge in [-0.2, -0.15) is 5.06 Å². The van der Waals surface area contributed by atoms with Crippen LogP contribution >= 0.6 is 0 Å². The molecule has 6 rings (SSSR count). The van der Waals surface area contributed by atoms with E-state index in [2.05, 4.69) is 0 Å². The van der Waals surface area contributed by atoms with Gasteiger partial charge in [0.15, 0.2) is 11.4 Å². The SMILES string of the molecule is COC1C[C@]2(CC[C@H](CO)N3C[C@H]2n2cc(C(N)=O)c(=O)c(OCc4ccccc4)c2C3=O)ON1Cc1c(F)cc(F)cc1F. The lowest BCUT2D eigenvalue weighted by molar-refractivity contribution is -0.253. The van der Waals surface area contributed by atoms with Crippen LogP contribution in [0.5, 0.6) is 5.75 Å². The molecule has 1 spiro atoms. The number of aliphatic hydroxyl groups excluding tert-OH is 1. The predicted octanol–water partition coefficient (Wildman–Crippen LogP) is 2.64. The number of carbonyl (C=O) groups is 2. The maximum atomic E-state index is 14.7. The van der Waals surface area contributed by atoms with Gasteiger partial charge < -0.3 is 29.8 Å². The van der Waals surface area contributed by atoms with Crippen LogP contribution in [0.25, 0.3) is 0 Å². The van der Waals surface area contributed by atoms with Crippen molar-refractivity contribution >= 4 is 11.8 Å². The van der Waals surface area contributed by atoms with E-state index in [1.165, 1.54) is 27.8 Å². The molecule has 3 aliphatic heterocycles. The second-order valence-corrected chi connectivity index (χ2v) is 11.4. The standard InChI is InChI=1S/C31H31F3N4O7/c1-43-25-11-31(45-38(25)13-20-22(33)9-18(32)10-23(20)34)8-7-19(15-39)36-14-24(31)37-12-21(29(35)41)27(40)28(26(37)30(36)42)44-16-17-5-3-2-4-6-17/h2-6,9-10,12,19,24-25,39H,7-8,11,13-16H2,1H3,(H2,35,41)/t19-,24-,25?,31+/m1/s1. The number of rotatable bonds is 8. The average Bonchev–Trinajstić information content (AvgIpc) is 3.30. The van der Waals surface area contributed by atoms with Crippen molar-refractivity contribution in [1.82, 2.24) is 14.5 Å². The quantitative estimate of drug-likeness (QED) is 0.389. The summed E-state index contributed by atoms with van der Waals surface area (Å²) in [6.07, 6.45) is 1.02. The van der Waals surface area contributed by atoms with Crippen LogP contribution in [0.1, 0.15) is 57.3 Å². The van der Waals surface area contributed by atoms with E-state index in [1.54, 1.807) is 30.3 Å². The first-order chi connectivity index (χ1) is 21.6. The number of aliphatic hydroxyl groups is 1. The molecule has 4 atom stereocenters. The van der Waals surface area contributed by atoms with Gasteiger partial charge in [0.25, 0.3) is 11.8 Å². The van der Waals surface area contributed by atoms with Crippen molar-refractivity contribution in [1.29, 1.82) is 0 Å². The minimum atomic E-state index is -1.22. The van der Waals surface area contributed by atoms with Gasteiger partial charge >= 0.3 is 0 Å². The zero-order chi connectivity index (χ0) is 32.0. The Labute approximate surface area is 255 Å². The molecular weight excluding hydrogens is 597 g/mol. The highest BCUT2D eigenvalue weighted by Crippen LogP contribution is 2.49. The van der Waals surface area contributed by atoms with Gasteiger partial charge in [-0.1, -0.05) is 30.3 Å². The van der Waals surface area contributed by atoms with Gasteiger partial charge in [-0.3, -0.25) is 19.2 Å². The fraction of sp³-hybridized carbons (Fsp3) is 0.387. The fourth-order valence-corrected chi connectivity index (χ4v) is 6.54. The van der Waals surface area contributed by atoms with Crippen molar-refractivity contribution in [2.45, 2.75) is 56.3 Å². The van der Waals surface area contributed by atoms with Crippen molar-refractivity contribution in [2.24, 2.45) is 5.73 Å². The summed E-state index contributed by atoms with van der Waals surface area (Å²) >= 11 is 0. The van der Waals surface area contributed by atoms with Gasteiger partial charge in [0.05, 0.1) is 25.2 Å². The van der Waals surface area contributed by atoms with E-state index in [0.717, 1.165) is 0 Å². The number of primary amides is 1. The number of hydroxylamine groups is 2. The highest BCUT2D eigenvalue weighted by atomic mass is 19.1. The predicted molar refractivity (Wildman–Crippen MR) is 151 cm³/mol. The summed E-state index contributed by atoms with van der Waals surface area (Å²) in [4.78, 5) is 48.0. The molecule has 2 aromatic carbocycles. The monoisotopic (exact) mass is 628 g/mol. The first-order valence-electron chi connectivity index (χ1n) is 14.4. The van der Waals surface area contributed by atoms with Crippen LogP contribution in [0.15, 0.2) is 53.5 Å². The van der Waals surface area contributed by atoms with Gasteiger partial charge in [0, 0.05) is 44.0 Å². The summed E-state index contributed by atoms with van der Waals surface area (Å²) in [5, 5.41) is 11.6. The Bertz CT molecular complexity index is 1680. The average molecular weight is 629 g/mol. The molecule has 2 amide bonds. The lowest BCUT2D eigenvalue weighted by atomic mass is 9.85. The summed E-state index contributed by atoms with van der Waals surface area (Å²) in [5.74, 6) is -5.27. The number of hydrogen-bond acceptors (Lipinski definition) is 8. The fourth-order valence-electron chi connectivity index (χ4n) is 6.54. The molecule has 0 aliphatic carbocycles. The molecule has 4 heterocycles. The van der Waals surface area contributed by atoms with E-state index in [9.17, 15) is 32.7 Å². The number of carbonyl (C=O) groups excluding carboxylic acids is 2. The van der Waals surface area contributed by atoms with Gasteiger partial charge in [-0.25, -0.2) is 13.2 Å². The van der Waals surface area contributed by atoms with Crippen molar-refractivity contribution in [3.8, 4) is 5.75 Å². The molecule has 0 radical (unpaired) electrons. The molecular formula is C31H31F3N4O7. The van der Waals surface area contributed by atoms with Crippen LogP contribution in [-0.2, 0) is 22.7 Å². The highest BCUT2D eigenvalue weighted by Gasteiger charge is 2.57. The van der Waals surface area contributed by atoms with E-state index in [1.807, 2.05) is 0 Å². The van der Waals surface area contributed by atoms with Crippen molar-refractivity contribution in [3.05, 3.63) is 98.7 Å². The molecule has 2 fully saturated rings. The molecule has 3 N–H and O–H groups in total. The number of pyridine rings is 1. The molecule has 14 heteroatoms. The summed E-state index contributed by atoms with van der Waals surface area (Å²) in [6, 6.07) is 8.59. The molecule has 0 saturated carbocycles. The number of ether oxygens (including phenoxy) is 2. The van der Waals surface area contributed by atoms with Crippen LogP contribution in [-0.4, -0.2) is 69.6 Å². The Morgan fingerprint density at radius 2 is 1.87 bits per heavy atom. The van der Waals surface area contributed by atoms with Gasteiger partial charge in [0.2, 0.25) is 5.43 Å². The number of benzene rings is 2. The van der Waals surface area contributed by atoms with Crippen LogP contribution in [0.4, 0.5) is 13.2 Å². The highest BCUT2D eigenvalue weighted by molar-refractivity contribution is 5.99. The zero-order valence-electron chi connectivity index (χ0n) is 24.3. The largest absolute Gasteiger partial charge is 0.483 e. The molecule has 3 aromatic rings. The van der Waals surface area contributed by atoms with Crippen molar-refractivity contribution in [3.63, 3.8) is 0 Å². The van der Waals surface area contributed by atoms with Crippen LogP contribution < -0.4 is 15.9 Å². The Kier molecular flexibility index (Phi) is 8.16. The zero-order valence-corrected chi connectivity index (χ0v) is 24.3. The molecule has 11 nitrogen and oxygen atoms in total. The first-order valence-corrected chi connectivity index (χ1v) is 14.4. The maximum absolute atomic E-state index is 14.7. The Hall–Kier alpha value is -4.24. The summed E-state index contributed by atoms with van der Waals surface area (Å²) in [6.45, 7) is -0.920. The van der Waals surface area contributed by atoms with Crippen LogP contribution in [0.2, 0.25) is 0 Å². The summed E-state index contributed by atoms with van der Waals surface area (Å²) in [7, 11) is 1.40. The van der Waals surface area contributed by atoms with Gasteiger partial charge in [-0.05, 0) is 18.4 Å². The number of methoxy groups -OCH3 is 1. The Balaban J connectivity index is 1.47. The molecule has 2 bridgehead atoms. The number of hydrogen-bond donors (Lipinski definition) is 2. The second-order valence-electron chi connectivity index (χ2n) is 11.4. The lowest BCUT2D eigenvalue weighted by Crippen LogP contribution is -2.53. The summed E-state index contributed by atoms with van der Waals surface area (Å²) < 4.78 is 56.0. The number of halogens is 3. The molecule has 3 aliphatic rings. The Morgan fingerprint density at radius 3 is 2.51 bits per heavy atom. The number of amides is 2. The first kappa shape index (κ1) is 30.8. The third-order valence-electron chi connectivity index (χ3n) is 8.84. The van der Waals surface area contributed by atoms with Crippen LogP contribution in [0, 0.1) is 17.5 Å². The van der Waals surface area contributed by atoms with E-state index < -0.39 is 76.3 Å². The third-order valence-corrected chi connectivity index (χ3v) is 8.84. The molecule has 1 unspecified atom stereocenters. The smallest absolute Gasteiger partial charge is 0.274 e. The molecule has 238 valence electrons. The van der Waals surface area contributed by atoms with Crippen molar-refractivity contribution in [2.75, 3.05) is 20.3 Å². The number of nitrogens with two attached hydrogens (primary N) is 1. The molecule has 45 heavy (non-hydrogen) atoms. The Morgan fingerprint density at radius 1 is 1.16 bits per heavy atom. The lowest BCUT2D eigenvalue weighted by Gasteiger charge is -2.43. The van der Waals surface area contributed by atoms with Gasteiger partial charge in [0.1, 0.15) is 41.5 Å². The third kappa shape index (κ3) is 5.37. The van der Waals surface area contributed by atoms with Crippen molar-refractivity contribution < 1.29 is 42.2 Å². The maximum Gasteiger partial charge on any atom is 0.274 e. The number of fused-ring (bicyclic) bond motifs is 5. The normalized spacial score (nSPS) is 24.5. The van der Waals surface area contributed by atoms with E-state index in [-0.39, 0.29) is 50.5 Å². The molecule has 2 saturated heterocycles. The minimum Gasteiger partial charge on any atom is -0.483 e. The second kappa shape index (κ2) is 11.9. The minimum absolute atomic E-state index is 0.000196. The number of nitrogens with zero attached hydrogens (tertiary/aromatic N) is 3. The van der Waals surface area contributed by atoms with Crippen LogP contribution in [0.3, 0.4) is 0 Å².